The molecule has 0 radical (unpaired) electrons. The Labute approximate surface area is 102 Å². The first-order valence-corrected chi connectivity index (χ1v) is 5.56. The molecule has 0 aliphatic rings. The summed E-state index contributed by atoms with van der Waals surface area (Å²) in [5.41, 5.74) is -1.39. The molecule has 0 fully saturated rings. The lowest BCUT2D eigenvalue weighted by Crippen LogP contribution is -2.51. The smallest absolute Gasteiger partial charge is 0.218 e. The maximum absolute atomic E-state index is 10.1. The molecule has 1 rings (SSSR count). The highest BCUT2D eigenvalue weighted by atomic mass is 16.5. The highest BCUT2D eigenvalue weighted by molar-refractivity contribution is 5.41. The molecule has 1 heterocycles. The molecule has 0 unspecified atom stereocenters. The number of methoxy groups -OCH3 is 1. The SMILES string of the molecule is COc1cc(NC(C)(C)C(C)(C)O)nc(C)n1. The van der Waals surface area contributed by atoms with Crippen LogP contribution < -0.4 is 10.1 Å². The van der Waals surface area contributed by atoms with Crippen molar-refractivity contribution in [2.75, 3.05) is 12.4 Å². The Kier molecular flexibility index (Phi) is 3.62. The number of hydrogen-bond donors (Lipinski definition) is 2. The van der Waals surface area contributed by atoms with Crippen molar-refractivity contribution in [2.24, 2.45) is 0 Å². The van der Waals surface area contributed by atoms with Crippen molar-refractivity contribution in [3.63, 3.8) is 0 Å². The van der Waals surface area contributed by atoms with Crippen LogP contribution in [-0.2, 0) is 0 Å². The van der Waals surface area contributed by atoms with Crippen molar-refractivity contribution in [1.29, 1.82) is 0 Å². The number of aliphatic hydroxyl groups is 1. The molecule has 0 saturated carbocycles. The van der Waals surface area contributed by atoms with Gasteiger partial charge in [-0.15, -0.1) is 0 Å². The molecule has 17 heavy (non-hydrogen) atoms. The average molecular weight is 239 g/mol. The van der Waals surface area contributed by atoms with E-state index in [9.17, 15) is 5.11 Å². The number of anilines is 1. The summed E-state index contributed by atoms with van der Waals surface area (Å²) >= 11 is 0. The van der Waals surface area contributed by atoms with E-state index in [-0.39, 0.29) is 0 Å². The normalized spacial score (nSPS) is 12.4. The minimum Gasteiger partial charge on any atom is -0.481 e. The highest BCUT2D eigenvalue weighted by Gasteiger charge is 2.35. The van der Waals surface area contributed by atoms with Crippen LogP contribution in [-0.4, -0.2) is 33.3 Å². The Hall–Kier alpha value is -1.36. The van der Waals surface area contributed by atoms with E-state index < -0.39 is 11.1 Å². The fourth-order valence-electron chi connectivity index (χ4n) is 1.18. The van der Waals surface area contributed by atoms with Crippen LogP contribution in [0.5, 0.6) is 5.88 Å². The third kappa shape index (κ3) is 3.30. The Morgan fingerprint density at radius 1 is 1.24 bits per heavy atom. The minimum atomic E-state index is -0.876. The number of ether oxygens (including phenoxy) is 1. The molecule has 0 aliphatic carbocycles. The minimum absolute atomic E-state index is 0.506. The number of nitrogens with zero attached hydrogens (tertiary/aromatic N) is 2. The Balaban J connectivity index is 2.99. The van der Waals surface area contributed by atoms with E-state index >= 15 is 0 Å². The third-order valence-electron chi connectivity index (χ3n) is 2.99. The lowest BCUT2D eigenvalue weighted by Gasteiger charge is -2.38. The van der Waals surface area contributed by atoms with E-state index in [1.54, 1.807) is 33.9 Å². The highest BCUT2D eigenvalue weighted by Crippen LogP contribution is 2.26. The van der Waals surface area contributed by atoms with E-state index in [4.69, 9.17) is 4.74 Å². The van der Waals surface area contributed by atoms with E-state index in [1.165, 1.54) is 0 Å². The van der Waals surface area contributed by atoms with Gasteiger partial charge in [0.2, 0.25) is 5.88 Å². The Bertz CT molecular complexity index is 397. The molecular weight excluding hydrogens is 218 g/mol. The maximum Gasteiger partial charge on any atom is 0.218 e. The summed E-state index contributed by atoms with van der Waals surface area (Å²) in [7, 11) is 1.56. The molecule has 1 aromatic rings. The molecule has 0 amide bonds. The Morgan fingerprint density at radius 3 is 2.29 bits per heavy atom. The van der Waals surface area contributed by atoms with Gasteiger partial charge in [0.15, 0.2) is 0 Å². The molecule has 0 spiro atoms. The lowest BCUT2D eigenvalue weighted by atomic mass is 9.86. The third-order valence-corrected chi connectivity index (χ3v) is 2.99. The van der Waals surface area contributed by atoms with Crippen LogP contribution in [0.4, 0.5) is 5.82 Å². The first kappa shape index (κ1) is 13.7. The molecule has 5 nitrogen and oxygen atoms in total. The quantitative estimate of drug-likeness (QED) is 0.838. The second kappa shape index (κ2) is 4.49. The van der Waals surface area contributed by atoms with Gasteiger partial charge in [-0.1, -0.05) is 0 Å². The summed E-state index contributed by atoms with van der Waals surface area (Å²) < 4.78 is 5.08. The van der Waals surface area contributed by atoms with Gasteiger partial charge in [0.1, 0.15) is 11.6 Å². The summed E-state index contributed by atoms with van der Waals surface area (Å²) in [6.45, 7) is 9.13. The number of hydrogen-bond acceptors (Lipinski definition) is 5. The van der Waals surface area contributed by atoms with Gasteiger partial charge in [-0.3, -0.25) is 0 Å². The second-order valence-corrected chi connectivity index (χ2v) is 5.15. The van der Waals surface area contributed by atoms with Gasteiger partial charge in [0.05, 0.1) is 18.2 Å². The number of rotatable bonds is 4. The van der Waals surface area contributed by atoms with Gasteiger partial charge >= 0.3 is 0 Å². The predicted octanol–water partition coefficient (Wildman–Crippen LogP) is 1.76. The van der Waals surface area contributed by atoms with Crippen LogP contribution in [0.3, 0.4) is 0 Å². The second-order valence-electron chi connectivity index (χ2n) is 5.15. The van der Waals surface area contributed by atoms with Gasteiger partial charge in [0.25, 0.3) is 0 Å². The van der Waals surface area contributed by atoms with Gasteiger partial charge < -0.3 is 15.2 Å². The van der Waals surface area contributed by atoms with E-state index in [1.807, 2.05) is 13.8 Å². The first-order chi connectivity index (χ1) is 7.65. The topological polar surface area (TPSA) is 67.3 Å². The van der Waals surface area contributed by atoms with Crippen LogP contribution in [0.15, 0.2) is 6.07 Å². The van der Waals surface area contributed by atoms with E-state index in [0.717, 1.165) is 0 Å². The van der Waals surface area contributed by atoms with Crippen LogP contribution in [0.2, 0.25) is 0 Å². The maximum atomic E-state index is 10.1. The lowest BCUT2D eigenvalue weighted by molar-refractivity contribution is 0.0238. The zero-order valence-corrected chi connectivity index (χ0v) is 11.3. The van der Waals surface area contributed by atoms with E-state index in [0.29, 0.717) is 17.5 Å². The first-order valence-electron chi connectivity index (χ1n) is 5.56. The molecule has 2 N–H and O–H groups in total. The van der Waals surface area contributed by atoms with Crippen molar-refractivity contribution < 1.29 is 9.84 Å². The monoisotopic (exact) mass is 239 g/mol. The average Bonchev–Trinajstić information content (AvgIpc) is 2.14. The summed E-state index contributed by atoms with van der Waals surface area (Å²) in [5.74, 6) is 1.77. The van der Waals surface area contributed by atoms with Crippen molar-refractivity contribution in [3.8, 4) is 5.88 Å². The molecule has 0 atom stereocenters. The zero-order valence-electron chi connectivity index (χ0n) is 11.3. The van der Waals surface area contributed by atoms with Crippen LogP contribution in [0, 0.1) is 6.92 Å². The molecule has 96 valence electrons. The largest absolute Gasteiger partial charge is 0.481 e. The summed E-state index contributed by atoms with van der Waals surface area (Å²) in [5, 5.41) is 13.3. The van der Waals surface area contributed by atoms with Crippen molar-refractivity contribution in [1.82, 2.24) is 9.97 Å². The van der Waals surface area contributed by atoms with Crippen LogP contribution >= 0.6 is 0 Å². The van der Waals surface area contributed by atoms with Crippen molar-refractivity contribution in [3.05, 3.63) is 11.9 Å². The van der Waals surface area contributed by atoms with Gasteiger partial charge in [-0.05, 0) is 34.6 Å². The molecule has 0 saturated heterocycles. The van der Waals surface area contributed by atoms with Crippen molar-refractivity contribution >= 4 is 5.82 Å². The van der Waals surface area contributed by atoms with Crippen LogP contribution in [0.1, 0.15) is 33.5 Å². The fraction of sp³-hybridized carbons (Fsp3) is 0.667. The summed E-state index contributed by atoms with van der Waals surface area (Å²) in [6.07, 6.45) is 0. The van der Waals surface area contributed by atoms with Gasteiger partial charge in [-0.25, -0.2) is 4.98 Å². The molecule has 0 aromatic carbocycles. The van der Waals surface area contributed by atoms with Gasteiger partial charge in [-0.2, -0.15) is 4.98 Å². The summed E-state index contributed by atoms with van der Waals surface area (Å²) in [4.78, 5) is 8.38. The van der Waals surface area contributed by atoms with Gasteiger partial charge in [0, 0.05) is 6.07 Å². The molecule has 0 bridgehead atoms. The zero-order chi connectivity index (χ0) is 13.3. The number of aromatic nitrogens is 2. The Morgan fingerprint density at radius 2 is 1.82 bits per heavy atom. The fourth-order valence-corrected chi connectivity index (χ4v) is 1.18. The van der Waals surface area contributed by atoms with Crippen molar-refractivity contribution in [2.45, 2.75) is 45.8 Å². The summed E-state index contributed by atoms with van der Waals surface area (Å²) in [6, 6.07) is 1.71. The van der Waals surface area contributed by atoms with Crippen LogP contribution in [0.25, 0.3) is 0 Å². The molecule has 1 aromatic heterocycles. The number of aryl methyl sites for hydroxylation is 1. The van der Waals surface area contributed by atoms with E-state index in [2.05, 4.69) is 15.3 Å². The predicted molar refractivity (Wildman–Crippen MR) is 67.3 cm³/mol. The molecule has 0 aliphatic heterocycles. The standard InChI is InChI=1S/C12H21N3O2/c1-8-13-9(7-10(14-8)17-6)15-11(2,3)12(4,5)16/h7,16H,1-6H3,(H,13,14,15). The molecular formula is C12H21N3O2. The number of nitrogens with one attached hydrogen (secondary N) is 1. The molecule has 5 heteroatoms.